The smallest absolute Gasteiger partial charge is 0.246 e. The highest BCUT2D eigenvalue weighted by Gasteiger charge is 2.33. The van der Waals surface area contributed by atoms with Crippen LogP contribution in [0.4, 0.5) is 5.82 Å². The first-order valence-electron chi connectivity index (χ1n) is 8.74. The van der Waals surface area contributed by atoms with Gasteiger partial charge in [0.25, 0.3) is 0 Å². The zero-order valence-corrected chi connectivity index (χ0v) is 14.1. The van der Waals surface area contributed by atoms with E-state index in [1.165, 1.54) is 6.33 Å². The van der Waals surface area contributed by atoms with E-state index in [-0.39, 0.29) is 11.9 Å². The molecule has 0 aromatic carbocycles. The summed E-state index contributed by atoms with van der Waals surface area (Å²) in [6.07, 6.45) is 5.70. The lowest BCUT2D eigenvalue weighted by molar-refractivity contribution is -0.134. The SMILES string of the molecule is O=C(C1NCCc2[nH]cnc21)N1CCN(c2ncnc3nc[nH]c23)CC1. The number of aromatic nitrogens is 6. The first-order valence-corrected chi connectivity index (χ1v) is 8.74. The molecule has 10 nitrogen and oxygen atoms in total. The largest absolute Gasteiger partial charge is 0.351 e. The maximum Gasteiger partial charge on any atom is 0.246 e. The predicted octanol–water partition coefficient (Wildman–Crippen LogP) is -0.388. The van der Waals surface area contributed by atoms with Crippen LogP contribution in [0.25, 0.3) is 11.2 Å². The fraction of sp³-hybridized carbons (Fsp3) is 0.438. The number of anilines is 1. The van der Waals surface area contributed by atoms with Gasteiger partial charge in [-0.25, -0.2) is 19.9 Å². The van der Waals surface area contributed by atoms with Gasteiger partial charge in [0, 0.05) is 44.8 Å². The van der Waals surface area contributed by atoms with E-state index in [1.807, 2.05) is 4.90 Å². The molecule has 2 aliphatic rings. The van der Waals surface area contributed by atoms with Gasteiger partial charge in [0.05, 0.1) is 18.3 Å². The molecule has 0 spiro atoms. The molecular weight excluding hydrogens is 334 g/mol. The lowest BCUT2D eigenvalue weighted by Gasteiger charge is -2.37. The molecular formula is C16H19N9O. The summed E-state index contributed by atoms with van der Waals surface area (Å²) in [4.78, 5) is 40.4. The Hall–Kier alpha value is -3.01. The minimum atomic E-state index is -0.352. The highest BCUT2D eigenvalue weighted by molar-refractivity contribution is 5.85. The topological polar surface area (TPSA) is 119 Å². The van der Waals surface area contributed by atoms with E-state index in [0.29, 0.717) is 18.7 Å². The Morgan fingerprint density at radius 3 is 2.77 bits per heavy atom. The van der Waals surface area contributed by atoms with Crippen LogP contribution in [0.15, 0.2) is 19.0 Å². The molecule has 0 bridgehead atoms. The third-order valence-corrected chi connectivity index (χ3v) is 5.09. The number of nitrogens with zero attached hydrogens (tertiary/aromatic N) is 6. The number of amides is 1. The van der Waals surface area contributed by atoms with Gasteiger partial charge in [-0.15, -0.1) is 0 Å². The summed E-state index contributed by atoms with van der Waals surface area (Å²) in [5.74, 6) is 0.928. The van der Waals surface area contributed by atoms with Crippen molar-refractivity contribution >= 4 is 22.9 Å². The first kappa shape index (κ1) is 15.3. The molecule has 5 rings (SSSR count). The number of H-pyrrole nitrogens is 2. The van der Waals surface area contributed by atoms with E-state index >= 15 is 0 Å². The number of aromatic amines is 2. The van der Waals surface area contributed by atoms with Crippen molar-refractivity contribution < 1.29 is 4.79 Å². The molecule has 2 aliphatic heterocycles. The Kier molecular flexibility index (Phi) is 3.56. The van der Waals surface area contributed by atoms with Crippen LogP contribution in [0.3, 0.4) is 0 Å². The molecule has 0 saturated carbocycles. The Bertz CT molecular complexity index is 940. The van der Waals surface area contributed by atoms with Crippen LogP contribution in [-0.2, 0) is 11.2 Å². The van der Waals surface area contributed by atoms with Crippen LogP contribution in [0.1, 0.15) is 17.4 Å². The van der Waals surface area contributed by atoms with E-state index in [1.54, 1.807) is 12.7 Å². The quantitative estimate of drug-likeness (QED) is 0.574. The summed E-state index contributed by atoms with van der Waals surface area (Å²) in [5, 5.41) is 3.30. The molecule has 134 valence electrons. The predicted molar refractivity (Wildman–Crippen MR) is 93.5 cm³/mol. The van der Waals surface area contributed by atoms with Crippen molar-refractivity contribution in [2.45, 2.75) is 12.5 Å². The number of piperazine rings is 1. The van der Waals surface area contributed by atoms with E-state index in [9.17, 15) is 4.79 Å². The van der Waals surface area contributed by atoms with Gasteiger partial charge in [-0.1, -0.05) is 0 Å². The minimum Gasteiger partial charge on any atom is -0.351 e. The van der Waals surface area contributed by atoms with E-state index in [4.69, 9.17) is 0 Å². The third-order valence-electron chi connectivity index (χ3n) is 5.09. The van der Waals surface area contributed by atoms with Crippen molar-refractivity contribution in [3.05, 3.63) is 30.4 Å². The van der Waals surface area contributed by atoms with Crippen LogP contribution in [0, 0.1) is 0 Å². The first-order chi connectivity index (χ1) is 12.8. The minimum absolute atomic E-state index is 0.0899. The molecule has 0 aliphatic carbocycles. The van der Waals surface area contributed by atoms with Crippen molar-refractivity contribution in [1.82, 2.24) is 40.1 Å². The lowest BCUT2D eigenvalue weighted by atomic mass is 10.0. The maximum absolute atomic E-state index is 13.0. The van der Waals surface area contributed by atoms with Gasteiger partial charge in [0.1, 0.15) is 17.9 Å². The Balaban J connectivity index is 1.31. The van der Waals surface area contributed by atoms with E-state index in [2.05, 4.69) is 40.1 Å². The van der Waals surface area contributed by atoms with Crippen LogP contribution >= 0.6 is 0 Å². The number of nitrogens with one attached hydrogen (secondary N) is 3. The van der Waals surface area contributed by atoms with Crippen LogP contribution in [-0.4, -0.2) is 73.4 Å². The molecule has 1 amide bonds. The van der Waals surface area contributed by atoms with E-state index < -0.39 is 0 Å². The molecule has 1 unspecified atom stereocenters. The maximum atomic E-state index is 13.0. The Morgan fingerprint density at radius 2 is 1.88 bits per heavy atom. The fourth-order valence-electron chi connectivity index (χ4n) is 3.74. The molecule has 1 saturated heterocycles. The Labute approximate surface area is 149 Å². The number of imidazole rings is 2. The normalized spacial score (nSPS) is 20.4. The van der Waals surface area contributed by atoms with Crippen LogP contribution in [0.5, 0.6) is 0 Å². The van der Waals surface area contributed by atoms with Gasteiger partial charge >= 0.3 is 0 Å². The molecule has 5 heterocycles. The summed E-state index contributed by atoms with van der Waals surface area (Å²) >= 11 is 0. The summed E-state index contributed by atoms with van der Waals surface area (Å²) in [6, 6.07) is -0.352. The lowest BCUT2D eigenvalue weighted by Crippen LogP contribution is -2.52. The summed E-state index contributed by atoms with van der Waals surface area (Å²) in [6.45, 7) is 3.52. The number of carbonyl (C=O) groups is 1. The fourth-order valence-corrected chi connectivity index (χ4v) is 3.74. The zero-order chi connectivity index (χ0) is 17.5. The molecule has 1 atom stereocenters. The number of fused-ring (bicyclic) bond motifs is 2. The van der Waals surface area contributed by atoms with Crippen LogP contribution in [0.2, 0.25) is 0 Å². The van der Waals surface area contributed by atoms with Crippen molar-refractivity contribution in [2.24, 2.45) is 0 Å². The number of carbonyl (C=O) groups excluding carboxylic acids is 1. The van der Waals surface area contributed by atoms with Crippen molar-refractivity contribution in [3.8, 4) is 0 Å². The molecule has 3 aromatic rings. The molecule has 10 heteroatoms. The second kappa shape index (κ2) is 6.06. The second-order valence-electron chi connectivity index (χ2n) is 6.51. The third kappa shape index (κ3) is 2.41. The van der Waals surface area contributed by atoms with E-state index in [0.717, 1.165) is 48.8 Å². The standard InChI is InChI=1S/C16H19N9O/c26-16(12-11-10(1-2-17-12)18-7-19-11)25-5-3-24(4-6-25)15-13-14(21-8-20-13)22-9-23-15/h7-9,12,17H,1-6H2,(H,18,19)(H,20,21,22,23). The number of hydrogen-bond donors (Lipinski definition) is 3. The highest BCUT2D eigenvalue weighted by Crippen LogP contribution is 2.24. The average molecular weight is 353 g/mol. The molecule has 0 radical (unpaired) electrons. The summed E-state index contributed by atoms with van der Waals surface area (Å²) < 4.78 is 0. The molecule has 26 heavy (non-hydrogen) atoms. The Morgan fingerprint density at radius 1 is 1.04 bits per heavy atom. The molecule has 3 N–H and O–H groups in total. The van der Waals surface area contributed by atoms with Crippen LogP contribution < -0.4 is 10.2 Å². The van der Waals surface area contributed by atoms with Gasteiger partial charge in [0.2, 0.25) is 5.91 Å². The van der Waals surface area contributed by atoms with Gasteiger partial charge < -0.3 is 25.1 Å². The molecule has 3 aromatic heterocycles. The van der Waals surface area contributed by atoms with Crippen molar-refractivity contribution in [2.75, 3.05) is 37.6 Å². The van der Waals surface area contributed by atoms with Gasteiger partial charge in [-0.2, -0.15) is 0 Å². The zero-order valence-electron chi connectivity index (χ0n) is 14.1. The monoisotopic (exact) mass is 353 g/mol. The number of hydrogen-bond acceptors (Lipinski definition) is 7. The van der Waals surface area contributed by atoms with Gasteiger partial charge in [0.15, 0.2) is 11.5 Å². The van der Waals surface area contributed by atoms with Gasteiger partial charge in [-0.05, 0) is 0 Å². The van der Waals surface area contributed by atoms with Crippen molar-refractivity contribution in [3.63, 3.8) is 0 Å². The summed E-state index contributed by atoms with van der Waals surface area (Å²) in [7, 11) is 0. The average Bonchev–Trinajstić information content (AvgIpc) is 3.36. The molecule has 1 fully saturated rings. The number of rotatable bonds is 2. The van der Waals surface area contributed by atoms with Crippen molar-refractivity contribution in [1.29, 1.82) is 0 Å². The summed E-state index contributed by atoms with van der Waals surface area (Å²) in [5.41, 5.74) is 3.38. The van der Waals surface area contributed by atoms with Gasteiger partial charge in [-0.3, -0.25) is 4.79 Å². The second-order valence-corrected chi connectivity index (χ2v) is 6.51. The highest BCUT2D eigenvalue weighted by atomic mass is 16.2.